The predicted octanol–water partition coefficient (Wildman–Crippen LogP) is 2.65. The number of thiophene rings is 1. The molecular formula is C21H20N4O4S. The highest BCUT2D eigenvalue weighted by atomic mass is 32.1. The van der Waals surface area contributed by atoms with Crippen LogP contribution >= 0.6 is 11.3 Å². The van der Waals surface area contributed by atoms with E-state index in [9.17, 15) is 14.9 Å². The zero-order valence-electron chi connectivity index (χ0n) is 16.1. The quantitative estimate of drug-likeness (QED) is 0.714. The number of alkyl carbamates (subject to hydrolysis) is 1. The summed E-state index contributed by atoms with van der Waals surface area (Å²) >= 11 is 1.36. The van der Waals surface area contributed by atoms with Crippen molar-refractivity contribution in [2.45, 2.75) is 31.4 Å². The number of nitrogens with one attached hydrogen (secondary N) is 2. The average Bonchev–Trinajstić information content (AvgIpc) is 3.06. The first kappa shape index (κ1) is 20.1. The molecule has 0 saturated carbocycles. The Morgan fingerprint density at radius 3 is 2.97 bits per heavy atom. The summed E-state index contributed by atoms with van der Waals surface area (Å²) in [7, 11) is 0. The third-order valence-corrected chi connectivity index (χ3v) is 6.08. The topological polar surface area (TPSA) is 113 Å². The third kappa shape index (κ3) is 4.67. The lowest BCUT2D eigenvalue weighted by molar-refractivity contribution is -0.111. The van der Waals surface area contributed by atoms with Crippen LogP contribution in [-0.4, -0.2) is 42.3 Å². The number of hydrogen-bond acceptors (Lipinski definition) is 7. The molecule has 1 unspecified atom stereocenters. The second-order valence-electron chi connectivity index (χ2n) is 7.08. The van der Waals surface area contributed by atoms with Crippen molar-refractivity contribution in [2.24, 2.45) is 0 Å². The fraction of sp³-hybridized carbons (Fsp3) is 0.333. The Bertz CT molecular complexity index is 1010. The molecule has 1 fully saturated rings. The van der Waals surface area contributed by atoms with E-state index in [0.29, 0.717) is 43.0 Å². The number of ether oxygens (including phenoxy) is 2. The van der Waals surface area contributed by atoms with Crippen molar-refractivity contribution in [3.63, 3.8) is 0 Å². The van der Waals surface area contributed by atoms with Crippen LogP contribution in [0.15, 0.2) is 30.6 Å². The van der Waals surface area contributed by atoms with Crippen molar-refractivity contribution < 1.29 is 19.1 Å². The van der Waals surface area contributed by atoms with E-state index in [2.05, 4.69) is 21.7 Å². The number of aromatic nitrogens is 1. The summed E-state index contributed by atoms with van der Waals surface area (Å²) in [6.45, 7) is 1.03. The monoisotopic (exact) mass is 424 g/mol. The lowest BCUT2D eigenvalue weighted by atomic mass is 9.94. The van der Waals surface area contributed by atoms with Gasteiger partial charge in [0.15, 0.2) is 0 Å². The van der Waals surface area contributed by atoms with Crippen LogP contribution in [-0.2, 0) is 27.1 Å². The maximum Gasteiger partial charge on any atom is 0.407 e. The van der Waals surface area contributed by atoms with Gasteiger partial charge in [0.2, 0.25) is 5.91 Å². The molecule has 30 heavy (non-hydrogen) atoms. The molecule has 0 bridgehead atoms. The molecule has 1 aliphatic carbocycles. The Morgan fingerprint density at radius 1 is 1.40 bits per heavy atom. The van der Waals surface area contributed by atoms with Gasteiger partial charge in [0.25, 0.3) is 0 Å². The first-order chi connectivity index (χ1) is 14.6. The number of carbonyl (C=O) groups excluding carboxylic acids is 2. The summed E-state index contributed by atoms with van der Waals surface area (Å²) in [5, 5.41) is 15.7. The van der Waals surface area contributed by atoms with Crippen molar-refractivity contribution in [2.75, 3.05) is 18.5 Å². The van der Waals surface area contributed by atoms with E-state index in [0.717, 1.165) is 16.0 Å². The maximum atomic E-state index is 12.3. The summed E-state index contributed by atoms with van der Waals surface area (Å²) in [5.41, 5.74) is 2.24. The highest BCUT2D eigenvalue weighted by molar-refractivity contribution is 7.16. The van der Waals surface area contributed by atoms with Crippen LogP contribution in [0.2, 0.25) is 0 Å². The zero-order chi connectivity index (χ0) is 20.9. The van der Waals surface area contributed by atoms with Gasteiger partial charge in [0, 0.05) is 29.8 Å². The molecule has 9 heteroatoms. The first-order valence-corrected chi connectivity index (χ1v) is 10.4. The first-order valence-electron chi connectivity index (χ1n) is 9.61. The Kier molecular flexibility index (Phi) is 6.07. The molecule has 0 radical (unpaired) electrons. The predicted molar refractivity (Wildman–Crippen MR) is 111 cm³/mol. The highest BCUT2D eigenvalue weighted by Gasteiger charge is 2.29. The van der Waals surface area contributed by atoms with E-state index in [1.165, 1.54) is 17.4 Å². The molecule has 2 N–H and O–H groups in total. The number of nitriles is 1. The molecule has 2 amide bonds. The van der Waals surface area contributed by atoms with Crippen LogP contribution in [0.4, 0.5) is 9.80 Å². The van der Waals surface area contributed by atoms with Crippen LogP contribution in [0.25, 0.3) is 6.08 Å². The molecule has 0 spiro atoms. The number of amides is 2. The summed E-state index contributed by atoms with van der Waals surface area (Å²) < 4.78 is 10.6. The molecule has 154 valence electrons. The SMILES string of the molecule is N#Cc1c(NC(=O)/C=C/c2cccnc2)sc2c1CCC(OC(=O)NC1COC1)C2. The van der Waals surface area contributed by atoms with Gasteiger partial charge in [-0.2, -0.15) is 5.26 Å². The molecular weight excluding hydrogens is 404 g/mol. The minimum atomic E-state index is -0.442. The Labute approximate surface area is 177 Å². The molecule has 2 aromatic heterocycles. The molecule has 8 nitrogen and oxygen atoms in total. The van der Waals surface area contributed by atoms with Gasteiger partial charge in [-0.15, -0.1) is 11.3 Å². The van der Waals surface area contributed by atoms with Crippen LogP contribution in [0.3, 0.4) is 0 Å². The number of carbonyl (C=O) groups is 2. The van der Waals surface area contributed by atoms with Gasteiger partial charge < -0.3 is 20.1 Å². The fourth-order valence-electron chi connectivity index (χ4n) is 3.33. The summed E-state index contributed by atoms with van der Waals surface area (Å²) in [6.07, 6.45) is 7.50. The van der Waals surface area contributed by atoms with Crippen LogP contribution in [0.1, 0.15) is 28.0 Å². The zero-order valence-corrected chi connectivity index (χ0v) is 16.9. The number of hydrogen-bond donors (Lipinski definition) is 2. The Hall–Kier alpha value is -3.22. The normalized spacial score (nSPS) is 18.2. The standard InChI is InChI=1S/C21H20N4O4S/c22-9-17-16-5-4-15(29-21(27)24-14-11-28-12-14)8-18(16)30-20(17)25-19(26)6-3-13-2-1-7-23-10-13/h1-3,6-7,10,14-15H,4-5,8,11-12H2,(H,24,27)(H,25,26)/b6-3+. The molecule has 1 saturated heterocycles. The van der Waals surface area contributed by atoms with Gasteiger partial charge in [-0.1, -0.05) is 6.07 Å². The van der Waals surface area contributed by atoms with E-state index in [1.807, 2.05) is 6.07 Å². The van der Waals surface area contributed by atoms with Gasteiger partial charge >= 0.3 is 6.09 Å². The number of nitrogens with zero attached hydrogens (tertiary/aromatic N) is 2. The number of pyridine rings is 1. The Balaban J connectivity index is 1.39. The Morgan fingerprint density at radius 2 is 2.27 bits per heavy atom. The van der Waals surface area contributed by atoms with Crippen LogP contribution in [0, 0.1) is 11.3 Å². The summed E-state index contributed by atoms with van der Waals surface area (Å²) in [4.78, 5) is 29.3. The van der Waals surface area contributed by atoms with Gasteiger partial charge in [-0.05, 0) is 36.1 Å². The summed E-state index contributed by atoms with van der Waals surface area (Å²) in [5.74, 6) is -0.316. The second kappa shape index (κ2) is 9.07. The molecule has 2 aliphatic rings. The lowest BCUT2D eigenvalue weighted by Gasteiger charge is -2.28. The van der Waals surface area contributed by atoms with E-state index in [4.69, 9.17) is 9.47 Å². The largest absolute Gasteiger partial charge is 0.446 e. The van der Waals surface area contributed by atoms with Crippen molar-refractivity contribution in [3.05, 3.63) is 52.2 Å². The molecule has 3 heterocycles. The van der Waals surface area contributed by atoms with Crippen molar-refractivity contribution in [1.82, 2.24) is 10.3 Å². The highest BCUT2D eigenvalue weighted by Crippen LogP contribution is 2.38. The molecule has 0 aromatic carbocycles. The smallest absolute Gasteiger partial charge is 0.407 e. The van der Waals surface area contributed by atoms with Crippen molar-refractivity contribution in [3.8, 4) is 6.07 Å². The average molecular weight is 424 g/mol. The molecule has 1 aliphatic heterocycles. The number of anilines is 1. The van der Waals surface area contributed by atoms with Crippen molar-refractivity contribution in [1.29, 1.82) is 5.26 Å². The van der Waals surface area contributed by atoms with Gasteiger partial charge in [-0.3, -0.25) is 9.78 Å². The lowest BCUT2D eigenvalue weighted by Crippen LogP contribution is -2.49. The van der Waals surface area contributed by atoms with Gasteiger partial charge in [-0.25, -0.2) is 4.79 Å². The van der Waals surface area contributed by atoms with Gasteiger partial charge in [0.1, 0.15) is 17.2 Å². The van der Waals surface area contributed by atoms with Crippen molar-refractivity contribution >= 4 is 34.4 Å². The van der Waals surface area contributed by atoms with Crippen LogP contribution in [0.5, 0.6) is 0 Å². The fourth-order valence-corrected chi connectivity index (χ4v) is 4.60. The molecule has 2 aromatic rings. The maximum absolute atomic E-state index is 12.3. The minimum absolute atomic E-state index is 0.0186. The van der Waals surface area contributed by atoms with Crippen LogP contribution < -0.4 is 10.6 Å². The summed E-state index contributed by atoms with van der Waals surface area (Å²) in [6, 6.07) is 5.86. The molecule has 1 atom stereocenters. The third-order valence-electron chi connectivity index (χ3n) is 4.91. The van der Waals surface area contributed by atoms with E-state index in [-0.39, 0.29) is 18.1 Å². The minimum Gasteiger partial charge on any atom is -0.446 e. The van der Waals surface area contributed by atoms with E-state index < -0.39 is 6.09 Å². The number of fused-ring (bicyclic) bond motifs is 1. The van der Waals surface area contributed by atoms with Gasteiger partial charge in [0.05, 0.1) is 24.8 Å². The molecule has 4 rings (SSSR count). The second-order valence-corrected chi connectivity index (χ2v) is 8.18. The number of rotatable bonds is 5. The van der Waals surface area contributed by atoms with E-state index in [1.54, 1.807) is 24.5 Å². The van der Waals surface area contributed by atoms with E-state index >= 15 is 0 Å².